The van der Waals surface area contributed by atoms with Crippen LogP contribution in [-0.4, -0.2) is 16.1 Å². The first-order valence-electron chi connectivity index (χ1n) is 5.32. The Labute approximate surface area is 111 Å². The standard InChI is InChI=1S/C12H10F2N2O2S/c1-5-6(2)19-12(15-5)16-10-8(13)3-7(11(17)18)4-9(10)14/h3-4H,1-2H3,(H,15,16)(H,17,18). The summed E-state index contributed by atoms with van der Waals surface area (Å²) in [5.41, 5.74) is -0.0683. The molecule has 7 heteroatoms. The van der Waals surface area contributed by atoms with Crippen LogP contribution >= 0.6 is 11.3 Å². The van der Waals surface area contributed by atoms with E-state index in [1.165, 1.54) is 11.3 Å². The third-order valence-corrected chi connectivity index (χ3v) is 3.54. The maximum atomic E-state index is 13.7. The Bertz CT molecular complexity index is 613. The molecule has 2 N–H and O–H groups in total. The highest BCUT2D eigenvalue weighted by molar-refractivity contribution is 7.15. The quantitative estimate of drug-likeness (QED) is 0.905. The second-order valence-electron chi connectivity index (χ2n) is 3.91. The van der Waals surface area contributed by atoms with Crippen molar-refractivity contribution in [1.82, 2.24) is 4.98 Å². The van der Waals surface area contributed by atoms with Crippen LogP contribution in [-0.2, 0) is 0 Å². The van der Waals surface area contributed by atoms with E-state index < -0.39 is 28.9 Å². The van der Waals surface area contributed by atoms with Crippen LogP contribution in [0.2, 0.25) is 0 Å². The maximum Gasteiger partial charge on any atom is 0.335 e. The molecular weight excluding hydrogens is 274 g/mol. The zero-order valence-corrected chi connectivity index (χ0v) is 10.9. The number of anilines is 2. The lowest BCUT2D eigenvalue weighted by Crippen LogP contribution is -2.03. The van der Waals surface area contributed by atoms with Crippen molar-refractivity contribution in [2.75, 3.05) is 5.32 Å². The topological polar surface area (TPSA) is 62.2 Å². The number of aryl methyl sites for hydroxylation is 2. The molecule has 0 aliphatic heterocycles. The molecule has 1 heterocycles. The summed E-state index contributed by atoms with van der Waals surface area (Å²) in [4.78, 5) is 15.7. The van der Waals surface area contributed by atoms with Gasteiger partial charge < -0.3 is 10.4 Å². The van der Waals surface area contributed by atoms with Gasteiger partial charge in [-0.3, -0.25) is 0 Å². The number of nitrogens with zero attached hydrogens (tertiary/aromatic N) is 1. The smallest absolute Gasteiger partial charge is 0.335 e. The third-order valence-electron chi connectivity index (χ3n) is 2.55. The number of carbonyl (C=O) groups is 1. The van der Waals surface area contributed by atoms with E-state index in [0.717, 1.165) is 22.7 Å². The van der Waals surface area contributed by atoms with Crippen molar-refractivity contribution in [2.24, 2.45) is 0 Å². The Morgan fingerprint density at radius 3 is 2.32 bits per heavy atom. The van der Waals surface area contributed by atoms with Crippen LogP contribution in [0.15, 0.2) is 12.1 Å². The number of aromatic nitrogens is 1. The minimum atomic E-state index is -1.38. The number of thiazole rings is 1. The van der Waals surface area contributed by atoms with E-state index in [9.17, 15) is 13.6 Å². The van der Waals surface area contributed by atoms with Crippen LogP contribution in [0.4, 0.5) is 19.6 Å². The molecule has 100 valence electrons. The van der Waals surface area contributed by atoms with Gasteiger partial charge >= 0.3 is 5.97 Å². The van der Waals surface area contributed by atoms with E-state index in [2.05, 4.69) is 10.3 Å². The predicted octanol–water partition coefficient (Wildman–Crippen LogP) is 3.48. The van der Waals surface area contributed by atoms with Gasteiger partial charge in [-0.15, -0.1) is 11.3 Å². The summed E-state index contributed by atoms with van der Waals surface area (Å²) >= 11 is 1.27. The van der Waals surface area contributed by atoms with Crippen molar-refractivity contribution >= 4 is 28.1 Å². The van der Waals surface area contributed by atoms with Crippen molar-refractivity contribution in [3.05, 3.63) is 39.9 Å². The van der Waals surface area contributed by atoms with Gasteiger partial charge in [0.2, 0.25) is 0 Å². The van der Waals surface area contributed by atoms with Gasteiger partial charge in [-0.25, -0.2) is 18.6 Å². The summed E-state index contributed by atoms with van der Waals surface area (Å²) in [5, 5.41) is 11.6. The first-order valence-corrected chi connectivity index (χ1v) is 6.13. The fourth-order valence-corrected chi connectivity index (χ4v) is 2.27. The van der Waals surface area contributed by atoms with Crippen molar-refractivity contribution < 1.29 is 18.7 Å². The molecule has 1 aromatic carbocycles. The van der Waals surface area contributed by atoms with Crippen molar-refractivity contribution in [3.63, 3.8) is 0 Å². The molecule has 0 fully saturated rings. The molecule has 19 heavy (non-hydrogen) atoms. The van der Waals surface area contributed by atoms with Gasteiger partial charge in [0.1, 0.15) is 5.69 Å². The largest absolute Gasteiger partial charge is 0.478 e. The zero-order chi connectivity index (χ0) is 14.2. The van der Waals surface area contributed by atoms with Crippen molar-refractivity contribution in [2.45, 2.75) is 13.8 Å². The number of halogens is 2. The SMILES string of the molecule is Cc1nc(Nc2c(F)cc(C(=O)O)cc2F)sc1C. The minimum Gasteiger partial charge on any atom is -0.478 e. The lowest BCUT2D eigenvalue weighted by molar-refractivity contribution is 0.0696. The second-order valence-corrected chi connectivity index (χ2v) is 5.11. The van der Waals surface area contributed by atoms with E-state index in [1.54, 1.807) is 6.92 Å². The molecule has 0 aliphatic carbocycles. The Balaban J connectivity index is 2.38. The molecule has 2 aromatic rings. The second kappa shape index (κ2) is 4.93. The fraction of sp³-hybridized carbons (Fsp3) is 0.167. The first kappa shape index (κ1) is 13.4. The number of aromatic carboxylic acids is 1. The molecular formula is C12H10F2N2O2S. The molecule has 0 radical (unpaired) electrons. The van der Waals surface area contributed by atoms with Crippen LogP contribution in [0.25, 0.3) is 0 Å². The normalized spacial score (nSPS) is 10.5. The molecule has 0 bridgehead atoms. The molecule has 0 atom stereocenters. The highest BCUT2D eigenvalue weighted by Crippen LogP contribution is 2.28. The number of nitrogens with one attached hydrogen (secondary N) is 1. The van der Waals surface area contributed by atoms with Gasteiger partial charge in [-0.2, -0.15) is 0 Å². The van der Waals surface area contributed by atoms with E-state index in [-0.39, 0.29) is 0 Å². The molecule has 1 aromatic heterocycles. The Morgan fingerprint density at radius 1 is 1.32 bits per heavy atom. The summed E-state index contributed by atoms with van der Waals surface area (Å²) < 4.78 is 27.4. The highest BCUT2D eigenvalue weighted by Gasteiger charge is 2.16. The molecule has 2 rings (SSSR count). The first-order chi connectivity index (χ1) is 8.88. The summed E-state index contributed by atoms with van der Waals surface area (Å²) in [5.74, 6) is -3.32. The van der Waals surface area contributed by atoms with Gasteiger partial charge in [0, 0.05) is 4.88 Å². The Morgan fingerprint density at radius 2 is 1.89 bits per heavy atom. The molecule has 0 spiro atoms. The number of hydrogen-bond acceptors (Lipinski definition) is 4. The molecule has 0 unspecified atom stereocenters. The summed E-state index contributed by atoms with van der Waals surface area (Å²) in [7, 11) is 0. The lowest BCUT2D eigenvalue weighted by Gasteiger charge is -2.06. The van der Waals surface area contributed by atoms with Crippen molar-refractivity contribution in [3.8, 4) is 0 Å². The average molecular weight is 284 g/mol. The van der Waals surface area contributed by atoms with Crippen LogP contribution in [0.5, 0.6) is 0 Å². The third kappa shape index (κ3) is 2.70. The van der Waals surface area contributed by atoms with Gasteiger partial charge in [0.05, 0.1) is 11.3 Å². The summed E-state index contributed by atoms with van der Waals surface area (Å²) in [6.45, 7) is 3.63. The lowest BCUT2D eigenvalue weighted by atomic mass is 10.2. The zero-order valence-electron chi connectivity index (χ0n) is 10.1. The fourth-order valence-electron chi connectivity index (χ4n) is 1.45. The summed E-state index contributed by atoms with van der Waals surface area (Å²) in [6, 6.07) is 1.53. The molecule has 0 saturated carbocycles. The predicted molar refractivity (Wildman–Crippen MR) is 68.2 cm³/mol. The van der Waals surface area contributed by atoms with Crippen LogP contribution in [0.1, 0.15) is 20.9 Å². The van der Waals surface area contributed by atoms with E-state index in [0.29, 0.717) is 5.13 Å². The molecule has 0 amide bonds. The molecule has 0 saturated heterocycles. The van der Waals surface area contributed by atoms with E-state index in [4.69, 9.17) is 5.11 Å². The van der Waals surface area contributed by atoms with E-state index >= 15 is 0 Å². The Kier molecular flexibility index (Phi) is 3.48. The van der Waals surface area contributed by atoms with Crippen LogP contribution in [0, 0.1) is 25.5 Å². The monoisotopic (exact) mass is 284 g/mol. The number of rotatable bonds is 3. The van der Waals surface area contributed by atoms with Gasteiger partial charge in [0.25, 0.3) is 0 Å². The average Bonchev–Trinajstić information content (AvgIpc) is 2.63. The highest BCUT2D eigenvalue weighted by atomic mass is 32.1. The number of carboxylic acids is 1. The van der Waals surface area contributed by atoms with Crippen molar-refractivity contribution in [1.29, 1.82) is 0 Å². The van der Waals surface area contributed by atoms with E-state index in [1.807, 2.05) is 6.92 Å². The van der Waals surface area contributed by atoms with Crippen LogP contribution < -0.4 is 5.32 Å². The molecule has 4 nitrogen and oxygen atoms in total. The van der Waals surface area contributed by atoms with Gasteiger partial charge in [-0.1, -0.05) is 0 Å². The number of benzene rings is 1. The van der Waals surface area contributed by atoms with Gasteiger partial charge in [0.15, 0.2) is 16.8 Å². The number of carboxylic acid groups (broad SMARTS) is 1. The maximum absolute atomic E-state index is 13.7. The summed E-state index contributed by atoms with van der Waals surface area (Å²) in [6.07, 6.45) is 0. The minimum absolute atomic E-state index is 0.357. The Hall–Kier alpha value is -2.02. The number of hydrogen-bond donors (Lipinski definition) is 2. The molecule has 0 aliphatic rings. The van der Waals surface area contributed by atoms with Crippen LogP contribution in [0.3, 0.4) is 0 Å². The van der Waals surface area contributed by atoms with Gasteiger partial charge in [-0.05, 0) is 26.0 Å².